The highest BCUT2D eigenvalue weighted by Gasteiger charge is 2.44. The summed E-state index contributed by atoms with van der Waals surface area (Å²) in [5.41, 5.74) is 2.22. The molecule has 1 aliphatic rings. The number of aryl methyl sites for hydroxylation is 1. The van der Waals surface area contributed by atoms with E-state index in [2.05, 4.69) is 11.4 Å². The number of hydrogen-bond acceptors (Lipinski definition) is 5. The Labute approximate surface area is 139 Å². The fourth-order valence-electron chi connectivity index (χ4n) is 2.60. The number of ether oxygens (including phenoxy) is 1. The SMILES string of the molecule is CCSC1=C(C#N)C(c2ccc(C)cc2)[C@@H](C(=O)OC)C(=O)N1. The summed E-state index contributed by atoms with van der Waals surface area (Å²) in [6, 6.07) is 9.66. The maximum Gasteiger partial charge on any atom is 0.319 e. The minimum Gasteiger partial charge on any atom is -0.468 e. The molecule has 6 heteroatoms. The minimum atomic E-state index is -1.06. The highest BCUT2D eigenvalue weighted by Crippen LogP contribution is 2.40. The van der Waals surface area contributed by atoms with Crippen LogP contribution >= 0.6 is 11.8 Å². The van der Waals surface area contributed by atoms with Gasteiger partial charge in [0.1, 0.15) is 5.92 Å². The lowest BCUT2D eigenvalue weighted by Gasteiger charge is -2.30. The third kappa shape index (κ3) is 3.40. The van der Waals surface area contributed by atoms with Crippen LogP contribution in [0.2, 0.25) is 0 Å². The predicted octanol–water partition coefficient (Wildman–Crippen LogP) is 2.49. The zero-order valence-electron chi connectivity index (χ0n) is 13.3. The molecule has 1 aromatic carbocycles. The normalized spacial score (nSPS) is 20.7. The summed E-state index contributed by atoms with van der Waals surface area (Å²) in [6.07, 6.45) is 0. The number of nitrogens with one attached hydrogen (secondary N) is 1. The molecule has 1 aromatic rings. The van der Waals surface area contributed by atoms with Gasteiger partial charge in [0.2, 0.25) is 5.91 Å². The molecule has 5 nitrogen and oxygen atoms in total. The van der Waals surface area contributed by atoms with E-state index in [4.69, 9.17) is 4.74 Å². The van der Waals surface area contributed by atoms with Gasteiger partial charge in [-0.15, -0.1) is 11.8 Å². The monoisotopic (exact) mass is 330 g/mol. The number of rotatable bonds is 4. The fourth-order valence-corrected chi connectivity index (χ4v) is 3.39. The van der Waals surface area contributed by atoms with Gasteiger partial charge in [-0.25, -0.2) is 0 Å². The van der Waals surface area contributed by atoms with Crippen molar-refractivity contribution in [2.75, 3.05) is 12.9 Å². The molecule has 0 bridgehead atoms. The van der Waals surface area contributed by atoms with Gasteiger partial charge in [0, 0.05) is 5.92 Å². The first-order valence-electron chi connectivity index (χ1n) is 7.25. The first-order chi connectivity index (χ1) is 11.0. The smallest absolute Gasteiger partial charge is 0.319 e. The topological polar surface area (TPSA) is 79.2 Å². The van der Waals surface area contributed by atoms with Crippen LogP contribution in [0.4, 0.5) is 0 Å². The Kier molecular flexibility index (Phi) is 5.45. The molecule has 0 fully saturated rings. The second kappa shape index (κ2) is 7.34. The van der Waals surface area contributed by atoms with E-state index in [0.717, 1.165) is 11.1 Å². The Morgan fingerprint density at radius 1 is 1.39 bits per heavy atom. The molecule has 2 atom stereocenters. The number of benzene rings is 1. The number of nitrogens with zero attached hydrogens (tertiary/aromatic N) is 1. The van der Waals surface area contributed by atoms with Crippen LogP contribution in [-0.2, 0) is 14.3 Å². The van der Waals surface area contributed by atoms with Gasteiger partial charge in [0.25, 0.3) is 0 Å². The molecule has 0 radical (unpaired) electrons. The summed E-state index contributed by atoms with van der Waals surface area (Å²) in [5, 5.41) is 12.8. The highest BCUT2D eigenvalue weighted by atomic mass is 32.2. The van der Waals surface area contributed by atoms with Crippen molar-refractivity contribution in [2.45, 2.75) is 19.8 Å². The van der Waals surface area contributed by atoms with Gasteiger partial charge in [0.05, 0.1) is 23.8 Å². The molecule has 120 valence electrons. The van der Waals surface area contributed by atoms with E-state index in [0.29, 0.717) is 16.4 Å². The molecule has 0 aromatic heterocycles. The zero-order valence-corrected chi connectivity index (χ0v) is 14.1. The fraction of sp³-hybridized carbons (Fsp3) is 0.353. The third-order valence-electron chi connectivity index (χ3n) is 3.71. The van der Waals surface area contributed by atoms with Crippen LogP contribution in [0.1, 0.15) is 24.0 Å². The van der Waals surface area contributed by atoms with Crippen molar-refractivity contribution in [3.8, 4) is 6.07 Å². The first kappa shape index (κ1) is 17.1. The van der Waals surface area contributed by atoms with Crippen molar-refractivity contribution in [1.82, 2.24) is 5.32 Å². The van der Waals surface area contributed by atoms with Crippen LogP contribution in [0.15, 0.2) is 34.9 Å². The van der Waals surface area contributed by atoms with Crippen LogP contribution in [0.25, 0.3) is 0 Å². The molecule has 0 saturated heterocycles. The van der Waals surface area contributed by atoms with Gasteiger partial charge >= 0.3 is 5.97 Å². The van der Waals surface area contributed by atoms with Crippen molar-refractivity contribution in [2.24, 2.45) is 5.92 Å². The van der Waals surface area contributed by atoms with Gasteiger partial charge in [-0.05, 0) is 18.2 Å². The molecule has 1 N–H and O–H groups in total. The average molecular weight is 330 g/mol. The number of methoxy groups -OCH3 is 1. The quantitative estimate of drug-likeness (QED) is 0.678. The Morgan fingerprint density at radius 2 is 2.04 bits per heavy atom. The zero-order chi connectivity index (χ0) is 17.0. The number of thioether (sulfide) groups is 1. The Balaban J connectivity index is 2.61. The van der Waals surface area contributed by atoms with Gasteiger partial charge in [0.15, 0.2) is 0 Å². The molecule has 0 saturated carbocycles. The number of carbonyl (C=O) groups excluding carboxylic acids is 2. The molecule has 23 heavy (non-hydrogen) atoms. The lowest BCUT2D eigenvalue weighted by molar-refractivity contribution is -0.150. The Hall–Kier alpha value is -2.26. The number of esters is 1. The number of amides is 1. The molecule has 0 spiro atoms. The van der Waals surface area contributed by atoms with E-state index >= 15 is 0 Å². The van der Waals surface area contributed by atoms with E-state index in [9.17, 15) is 14.9 Å². The van der Waals surface area contributed by atoms with Crippen LogP contribution < -0.4 is 5.32 Å². The molecule has 1 unspecified atom stereocenters. The molecule has 1 amide bonds. The standard InChI is InChI=1S/C17H18N2O3S/c1-4-23-16-12(9-18)13(11-7-5-10(2)6-8-11)14(15(20)19-16)17(21)22-3/h5-8,13-14H,4H2,1-3H3,(H,19,20)/t13?,14-/m1/s1. The first-order valence-corrected chi connectivity index (χ1v) is 8.24. The lowest BCUT2D eigenvalue weighted by atomic mass is 9.78. The molecule has 1 aliphatic heterocycles. The number of carbonyl (C=O) groups is 2. The van der Waals surface area contributed by atoms with Crippen molar-refractivity contribution in [3.05, 3.63) is 46.0 Å². The van der Waals surface area contributed by atoms with E-state index in [1.54, 1.807) is 0 Å². The molecule has 0 aliphatic carbocycles. The number of nitriles is 1. The van der Waals surface area contributed by atoms with Crippen LogP contribution in [-0.4, -0.2) is 24.7 Å². The molecule has 1 heterocycles. The second-order valence-electron chi connectivity index (χ2n) is 5.17. The Bertz CT molecular complexity index is 689. The number of hydrogen-bond donors (Lipinski definition) is 1. The summed E-state index contributed by atoms with van der Waals surface area (Å²) in [5.74, 6) is -2.04. The van der Waals surface area contributed by atoms with Gasteiger partial charge in [-0.2, -0.15) is 5.26 Å². The van der Waals surface area contributed by atoms with Crippen molar-refractivity contribution in [1.29, 1.82) is 5.26 Å². The third-order valence-corrected chi connectivity index (χ3v) is 4.61. The van der Waals surface area contributed by atoms with Gasteiger partial charge in [-0.3, -0.25) is 9.59 Å². The predicted molar refractivity (Wildman–Crippen MR) is 88.3 cm³/mol. The summed E-state index contributed by atoms with van der Waals surface area (Å²) in [6.45, 7) is 3.89. The maximum atomic E-state index is 12.4. The summed E-state index contributed by atoms with van der Waals surface area (Å²) < 4.78 is 4.79. The van der Waals surface area contributed by atoms with Crippen LogP contribution in [0.5, 0.6) is 0 Å². The van der Waals surface area contributed by atoms with E-state index in [1.807, 2.05) is 38.1 Å². The molecular weight excluding hydrogens is 312 g/mol. The lowest BCUT2D eigenvalue weighted by Crippen LogP contribution is -2.44. The number of allylic oxidation sites excluding steroid dienone is 1. The second-order valence-corrected chi connectivity index (χ2v) is 6.44. The minimum absolute atomic E-state index is 0.399. The largest absolute Gasteiger partial charge is 0.468 e. The Morgan fingerprint density at radius 3 is 2.57 bits per heavy atom. The van der Waals surface area contributed by atoms with Gasteiger partial charge < -0.3 is 10.1 Å². The van der Waals surface area contributed by atoms with E-state index < -0.39 is 23.7 Å². The van der Waals surface area contributed by atoms with Crippen molar-refractivity contribution < 1.29 is 14.3 Å². The van der Waals surface area contributed by atoms with Crippen LogP contribution in [0, 0.1) is 24.2 Å². The van der Waals surface area contributed by atoms with Crippen molar-refractivity contribution in [3.63, 3.8) is 0 Å². The maximum absolute atomic E-state index is 12.4. The summed E-state index contributed by atoms with van der Waals surface area (Å²) >= 11 is 1.38. The van der Waals surface area contributed by atoms with Gasteiger partial charge in [-0.1, -0.05) is 36.8 Å². The van der Waals surface area contributed by atoms with Crippen LogP contribution in [0.3, 0.4) is 0 Å². The van der Waals surface area contributed by atoms with Crippen molar-refractivity contribution >= 4 is 23.6 Å². The highest BCUT2D eigenvalue weighted by molar-refractivity contribution is 8.03. The average Bonchev–Trinajstić information content (AvgIpc) is 2.54. The summed E-state index contributed by atoms with van der Waals surface area (Å²) in [7, 11) is 1.24. The molecule has 2 rings (SSSR count). The van der Waals surface area contributed by atoms with E-state index in [1.165, 1.54) is 18.9 Å². The van der Waals surface area contributed by atoms with E-state index in [-0.39, 0.29) is 0 Å². The summed E-state index contributed by atoms with van der Waals surface area (Å²) in [4.78, 5) is 24.6. The molecular formula is C17H18N2O3S.